The molecule has 1 aromatic carbocycles. The SMILES string of the molecule is Oc1cccc(Sc2nccn3nc(C(F)(F)F)cc23)c1. The molecule has 0 bridgehead atoms. The van der Waals surface area contributed by atoms with E-state index in [9.17, 15) is 18.3 Å². The van der Waals surface area contributed by atoms with Gasteiger partial charge >= 0.3 is 6.18 Å². The molecule has 1 N–H and O–H groups in total. The smallest absolute Gasteiger partial charge is 0.435 e. The van der Waals surface area contributed by atoms with Crippen molar-refractivity contribution in [2.24, 2.45) is 0 Å². The molecular formula is C13H8F3N3OS. The Morgan fingerprint density at radius 3 is 2.71 bits per heavy atom. The first-order valence-corrected chi connectivity index (χ1v) is 6.63. The molecule has 2 heterocycles. The molecule has 0 radical (unpaired) electrons. The van der Waals surface area contributed by atoms with E-state index in [4.69, 9.17) is 0 Å². The van der Waals surface area contributed by atoms with Crippen molar-refractivity contribution in [3.63, 3.8) is 0 Å². The first kappa shape index (κ1) is 13.7. The number of benzene rings is 1. The maximum absolute atomic E-state index is 12.7. The summed E-state index contributed by atoms with van der Waals surface area (Å²) in [7, 11) is 0. The number of hydrogen-bond donors (Lipinski definition) is 1. The summed E-state index contributed by atoms with van der Waals surface area (Å²) in [6.45, 7) is 0. The molecule has 0 atom stereocenters. The third kappa shape index (κ3) is 2.80. The number of phenols is 1. The number of nitrogens with zero attached hydrogens (tertiary/aromatic N) is 3. The monoisotopic (exact) mass is 311 g/mol. The quantitative estimate of drug-likeness (QED) is 0.785. The first-order valence-electron chi connectivity index (χ1n) is 5.82. The van der Waals surface area contributed by atoms with Crippen LogP contribution in [0.2, 0.25) is 0 Å². The van der Waals surface area contributed by atoms with Gasteiger partial charge in [-0.3, -0.25) is 0 Å². The summed E-state index contributed by atoms with van der Waals surface area (Å²) in [6.07, 6.45) is -1.76. The average molecular weight is 311 g/mol. The van der Waals surface area contributed by atoms with Crippen LogP contribution in [0.4, 0.5) is 13.2 Å². The lowest BCUT2D eigenvalue weighted by Gasteiger charge is -2.03. The zero-order valence-electron chi connectivity index (χ0n) is 10.4. The number of rotatable bonds is 2. The second-order valence-corrected chi connectivity index (χ2v) is 5.25. The maximum atomic E-state index is 12.7. The Hall–Kier alpha value is -2.22. The van der Waals surface area contributed by atoms with Crippen molar-refractivity contribution in [3.8, 4) is 5.75 Å². The maximum Gasteiger partial charge on any atom is 0.435 e. The summed E-state index contributed by atoms with van der Waals surface area (Å²) in [5.74, 6) is 0.0800. The second-order valence-electron chi connectivity index (χ2n) is 4.19. The molecule has 0 unspecified atom stereocenters. The normalized spacial score (nSPS) is 12.0. The molecule has 108 valence electrons. The Morgan fingerprint density at radius 2 is 2.00 bits per heavy atom. The summed E-state index contributed by atoms with van der Waals surface area (Å²) in [5.41, 5.74) is -0.702. The Labute approximate surface area is 121 Å². The Balaban J connectivity index is 2.04. The molecule has 0 saturated carbocycles. The van der Waals surface area contributed by atoms with E-state index >= 15 is 0 Å². The molecule has 0 aliphatic carbocycles. The Morgan fingerprint density at radius 1 is 1.19 bits per heavy atom. The minimum absolute atomic E-state index is 0.0800. The zero-order valence-corrected chi connectivity index (χ0v) is 11.2. The lowest BCUT2D eigenvalue weighted by atomic mass is 10.3. The highest BCUT2D eigenvalue weighted by atomic mass is 32.2. The van der Waals surface area contributed by atoms with Gasteiger partial charge in [-0.2, -0.15) is 18.3 Å². The standard InChI is InChI=1S/C13H8F3N3OS/c14-13(15,16)11-7-10-12(17-4-5-19(10)18-11)21-9-3-1-2-8(20)6-9/h1-7,20H. The topological polar surface area (TPSA) is 50.4 Å². The number of phenolic OH excluding ortho intramolecular Hbond substituents is 1. The van der Waals surface area contributed by atoms with Crippen LogP contribution in [0, 0.1) is 0 Å². The number of halogens is 3. The van der Waals surface area contributed by atoms with Crippen LogP contribution in [-0.4, -0.2) is 19.7 Å². The molecule has 3 rings (SSSR count). The van der Waals surface area contributed by atoms with Crippen LogP contribution in [-0.2, 0) is 6.18 Å². The van der Waals surface area contributed by atoms with Gasteiger partial charge in [0.1, 0.15) is 10.8 Å². The number of aromatic nitrogens is 3. The van der Waals surface area contributed by atoms with Gasteiger partial charge in [-0.1, -0.05) is 17.8 Å². The van der Waals surface area contributed by atoms with Gasteiger partial charge in [0.25, 0.3) is 0 Å². The predicted octanol–water partition coefficient (Wildman–Crippen LogP) is 3.60. The van der Waals surface area contributed by atoms with Crippen molar-refractivity contribution >= 4 is 17.3 Å². The number of aromatic hydroxyl groups is 1. The van der Waals surface area contributed by atoms with Crippen LogP contribution in [0.1, 0.15) is 5.69 Å². The van der Waals surface area contributed by atoms with Gasteiger partial charge in [0, 0.05) is 17.3 Å². The Bertz CT molecular complexity index is 801. The lowest BCUT2D eigenvalue weighted by Crippen LogP contribution is -2.05. The van der Waals surface area contributed by atoms with Gasteiger partial charge in [0.2, 0.25) is 0 Å². The minimum Gasteiger partial charge on any atom is -0.508 e. The van der Waals surface area contributed by atoms with Gasteiger partial charge in [0.15, 0.2) is 5.69 Å². The summed E-state index contributed by atoms with van der Waals surface area (Å²) in [6, 6.07) is 7.36. The molecule has 8 heteroatoms. The van der Waals surface area contributed by atoms with E-state index in [1.807, 2.05) is 0 Å². The van der Waals surface area contributed by atoms with Crippen LogP contribution in [0.25, 0.3) is 5.52 Å². The fourth-order valence-corrected chi connectivity index (χ4v) is 2.69. The van der Waals surface area contributed by atoms with Gasteiger partial charge in [-0.05, 0) is 24.3 Å². The van der Waals surface area contributed by atoms with E-state index in [-0.39, 0.29) is 11.3 Å². The average Bonchev–Trinajstić information content (AvgIpc) is 2.84. The van der Waals surface area contributed by atoms with E-state index in [0.29, 0.717) is 9.92 Å². The largest absolute Gasteiger partial charge is 0.508 e. The molecule has 0 fully saturated rings. The summed E-state index contributed by atoms with van der Waals surface area (Å²) in [5, 5.41) is 13.3. The molecule has 2 aromatic heterocycles. The molecule has 0 aliphatic heterocycles. The predicted molar refractivity (Wildman–Crippen MR) is 70.2 cm³/mol. The van der Waals surface area contributed by atoms with Crippen molar-refractivity contribution in [2.45, 2.75) is 16.1 Å². The highest BCUT2D eigenvalue weighted by Gasteiger charge is 2.34. The van der Waals surface area contributed by atoms with Crippen LogP contribution >= 0.6 is 11.8 Å². The van der Waals surface area contributed by atoms with E-state index in [2.05, 4.69) is 10.1 Å². The number of hydrogen-bond acceptors (Lipinski definition) is 4. The fourth-order valence-electron chi connectivity index (χ4n) is 1.77. The van der Waals surface area contributed by atoms with E-state index in [0.717, 1.165) is 22.3 Å². The third-order valence-corrected chi connectivity index (χ3v) is 3.67. The van der Waals surface area contributed by atoms with Gasteiger partial charge in [0.05, 0.1) is 5.52 Å². The van der Waals surface area contributed by atoms with Crippen LogP contribution in [0.5, 0.6) is 5.75 Å². The van der Waals surface area contributed by atoms with Crippen LogP contribution in [0.3, 0.4) is 0 Å². The Kier molecular flexibility index (Phi) is 3.25. The summed E-state index contributed by atoms with van der Waals surface area (Å²) >= 11 is 1.16. The van der Waals surface area contributed by atoms with E-state index in [1.165, 1.54) is 24.5 Å². The minimum atomic E-state index is -4.50. The molecule has 3 aromatic rings. The third-order valence-electron chi connectivity index (χ3n) is 2.68. The molecule has 0 amide bonds. The fraction of sp³-hybridized carbons (Fsp3) is 0.0769. The summed E-state index contributed by atoms with van der Waals surface area (Å²) < 4.78 is 39.2. The molecule has 21 heavy (non-hydrogen) atoms. The van der Waals surface area contributed by atoms with E-state index < -0.39 is 11.9 Å². The van der Waals surface area contributed by atoms with Crippen LogP contribution < -0.4 is 0 Å². The zero-order chi connectivity index (χ0) is 15.0. The van der Waals surface area contributed by atoms with Crippen molar-refractivity contribution in [1.82, 2.24) is 14.6 Å². The van der Waals surface area contributed by atoms with Crippen LogP contribution in [0.15, 0.2) is 52.6 Å². The lowest BCUT2D eigenvalue weighted by molar-refractivity contribution is -0.141. The number of fused-ring (bicyclic) bond motifs is 1. The molecule has 4 nitrogen and oxygen atoms in total. The number of alkyl halides is 3. The summed E-state index contributed by atoms with van der Waals surface area (Å²) in [4.78, 5) is 4.75. The molecule has 0 spiro atoms. The second kappa shape index (κ2) is 4.96. The van der Waals surface area contributed by atoms with Gasteiger partial charge < -0.3 is 5.11 Å². The highest BCUT2D eigenvalue weighted by Crippen LogP contribution is 2.34. The molecule has 0 aliphatic rings. The van der Waals surface area contributed by atoms with Crippen molar-refractivity contribution in [2.75, 3.05) is 0 Å². The van der Waals surface area contributed by atoms with Gasteiger partial charge in [-0.15, -0.1) is 0 Å². The first-order chi connectivity index (χ1) is 9.93. The van der Waals surface area contributed by atoms with Crippen molar-refractivity contribution in [3.05, 3.63) is 48.4 Å². The molecular weight excluding hydrogens is 303 g/mol. The van der Waals surface area contributed by atoms with Crippen molar-refractivity contribution in [1.29, 1.82) is 0 Å². The molecule has 0 saturated heterocycles. The highest BCUT2D eigenvalue weighted by molar-refractivity contribution is 7.99. The van der Waals surface area contributed by atoms with Crippen molar-refractivity contribution < 1.29 is 18.3 Å². The van der Waals surface area contributed by atoms with Gasteiger partial charge in [-0.25, -0.2) is 9.50 Å². The van der Waals surface area contributed by atoms with E-state index in [1.54, 1.807) is 12.1 Å².